The Morgan fingerprint density at radius 3 is 2.13 bits per heavy atom. The highest BCUT2D eigenvalue weighted by Crippen LogP contribution is 2.16. The highest BCUT2D eigenvalue weighted by molar-refractivity contribution is 5.30. The maximum absolute atomic E-state index is 9.19. The van der Waals surface area contributed by atoms with Gasteiger partial charge in [-0.05, 0) is 33.3 Å². The normalized spacial score (nSPS) is 15.0. The Morgan fingerprint density at radius 2 is 1.67 bits per heavy atom. The Kier molecular flexibility index (Phi) is 4.30. The van der Waals surface area contributed by atoms with Crippen LogP contribution in [-0.4, -0.2) is 17.8 Å². The zero-order chi connectivity index (χ0) is 11.4. The van der Waals surface area contributed by atoms with Gasteiger partial charge in [-0.3, -0.25) is 0 Å². The minimum absolute atomic E-state index is 0.290. The average Bonchev–Trinajstić information content (AvgIpc) is 2.12. The number of rotatable bonds is 4. The van der Waals surface area contributed by atoms with Crippen molar-refractivity contribution in [2.24, 2.45) is 0 Å². The quantitative estimate of drug-likeness (QED) is 0.794. The first kappa shape index (κ1) is 12.2. The first-order chi connectivity index (χ1) is 6.99. The molecule has 2 nitrogen and oxygen atoms in total. The van der Waals surface area contributed by atoms with Crippen molar-refractivity contribution in [1.29, 1.82) is 0 Å². The van der Waals surface area contributed by atoms with Crippen molar-refractivity contribution in [3.8, 4) is 0 Å². The van der Waals surface area contributed by atoms with Gasteiger partial charge in [0.25, 0.3) is 0 Å². The molecule has 0 aliphatic heterocycles. The summed E-state index contributed by atoms with van der Waals surface area (Å²) in [6, 6.07) is 6.84. The van der Waals surface area contributed by atoms with E-state index in [1.54, 1.807) is 6.92 Å². The van der Waals surface area contributed by atoms with E-state index in [9.17, 15) is 5.11 Å². The predicted molar refractivity (Wildman–Crippen MR) is 64.0 cm³/mol. The Bertz CT molecular complexity index is 300. The van der Waals surface area contributed by atoms with Crippen LogP contribution < -0.4 is 5.32 Å². The topological polar surface area (TPSA) is 32.3 Å². The third kappa shape index (κ3) is 4.02. The third-order valence-electron chi connectivity index (χ3n) is 2.46. The smallest absolute Gasteiger partial charge is 0.0636 e. The van der Waals surface area contributed by atoms with E-state index < -0.39 is 0 Å². The van der Waals surface area contributed by atoms with Crippen molar-refractivity contribution in [3.63, 3.8) is 0 Å². The lowest BCUT2D eigenvalue weighted by Crippen LogP contribution is -2.27. The van der Waals surface area contributed by atoms with Gasteiger partial charge in [-0.15, -0.1) is 0 Å². The van der Waals surface area contributed by atoms with Crippen molar-refractivity contribution >= 4 is 0 Å². The maximum Gasteiger partial charge on any atom is 0.0636 e. The van der Waals surface area contributed by atoms with Gasteiger partial charge in [0.15, 0.2) is 0 Å². The lowest BCUT2D eigenvalue weighted by atomic mass is 10.0. The van der Waals surface area contributed by atoms with Gasteiger partial charge >= 0.3 is 0 Å². The van der Waals surface area contributed by atoms with Gasteiger partial charge in [0, 0.05) is 12.6 Å². The lowest BCUT2D eigenvalue weighted by molar-refractivity contribution is 0.187. The molecule has 0 spiro atoms. The molecule has 0 fully saturated rings. The van der Waals surface area contributed by atoms with Crippen molar-refractivity contribution in [3.05, 3.63) is 34.9 Å². The van der Waals surface area contributed by atoms with E-state index in [0.717, 1.165) is 0 Å². The molecule has 0 aromatic heterocycles. The van der Waals surface area contributed by atoms with Crippen LogP contribution in [0.15, 0.2) is 18.2 Å². The highest BCUT2D eigenvalue weighted by Gasteiger charge is 2.06. The van der Waals surface area contributed by atoms with E-state index in [2.05, 4.69) is 44.3 Å². The van der Waals surface area contributed by atoms with E-state index in [-0.39, 0.29) is 12.1 Å². The van der Waals surface area contributed by atoms with Gasteiger partial charge in [-0.2, -0.15) is 0 Å². The van der Waals surface area contributed by atoms with E-state index in [0.29, 0.717) is 6.54 Å². The van der Waals surface area contributed by atoms with E-state index >= 15 is 0 Å². The molecule has 1 aromatic carbocycles. The van der Waals surface area contributed by atoms with Gasteiger partial charge in [-0.25, -0.2) is 0 Å². The molecule has 2 N–H and O–H groups in total. The van der Waals surface area contributed by atoms with Crippen LogP contribution in [0.2, 0.25) is 0 Å². The Hall–Kier alpha value is -0.860. The van der Waals surface area contributed by atoms with Crippen LogP contribution >= 0.6 is 0 Å². The molecule has 1 rings (SSSR count). The van der Waals surface area contributed by atoms with Crippen LogP contribution in [0.25, 0.3) is 0 Å². The number of aliphatic hydroxyl groups is 1. The molecule has 0 saturated heterocycles. The number of aliphatic hydroxyl groups excluding tert-OH is 1. The molecule has 0 aliphatic carbocycles. The Morgan fingerprint density at radius 1 is 1.13 bits per heavy atom. The Labute approximate surface area is 92.3 Å². The third-order valence-corrected chi connectivity index (χ3v) is 2.46. The summed E-state index contributed by atoms with van der Waals surface area (Å²) in [5.41, 5.74) is 3.86. The van der Waals surface area contributed by atoms with Gasteiger partial charge in [0.05, 0.1) is 6.10 Å². The predicted octanol–water partition coefficient (Wildman–Crippen LogP) is 2.33. The minimum Gasteiger partial charge on any atom is -0.392 e. The molecule has 2 atom stereocenters. The largest absolute Gasteiger partial charge is 0.392 e. The van der Waals surface area contributed by atoms with Crippen molar-refractivity contribution < 1.29 is 5.11 Å². The van der Waals surface area contributed by atoms with E-state index in [4.69, 9.17) is 0 Å². The minimum atomic E-state index is -0.293. The molecule has 15 heavy (non-hydrogen) atoms. The zero-order valence-corrected chi connectivity index (χ0v) is 10.0. The van der Waals surface area contributed by atoms with Gasteiger partial charge < -0.3 is 10.4 Å². The number of hydrogen-bond acceptors (Lipinski definition) is 2. The fraction of sp³-hybridized carbons (Fsp3) is 0.538. The number of hydrogen-bond donors (Lipinski definition) is 2. The van der Waals surface area contributed by atoms with Crippen LogP contribution in [0.1, 0.15) is 36.6 Å². The van der Waals surface area contributed by atoms with Crippen LogP contribution in [0.4, 0.5) is 0 Å². The molecule has 0 bridgehead atoms. The second-order valence-corrected chi connectivity index (χ2v) is 4.40. The molecule has 0 aliphatic rings. The number of nitrogens with one attached hydrogen (secondary N) is 1. The van der Waals surface area contributed by atoms with Crippen molar-refractivity contribution in [1.82, 2.24) is 5.32 Å². The molecular formula is C13H21NO. The molecule has 0 radical (unpaired) electrons. The molecule has 84 valence electrons. The van der Waals surface area contributed by atoms with E-state index in [1.165, 1.54) is 16.7 Å². The monoisotopic (exact) mass is 207 g/mol. The molecule has 0 amide bonds. The SMILES string of the molecule is Cc1cc(C)cc([C@H](C)NC[C@@H](C)O)c1. The fourth-order valence-electron chi connectivity index (χ4n) is 1.73. The van der Waals surface area contributed by atoms with Crippen LogP contribution in [0.3, 0.4) is 0 Å². The summed E-state index contributed by atoms with van der Waals surface area (Å²) < 4.78 is 0. The molecular weight excluding hydrogens is 186 g/mol. The lowest BCUT2D eigenvalue weighted by Gasteiger charge is -2.16. The average molecular weight is 207 g/mol. The molecule has 0 heterocycles. The summed E-state index contributed by atoms with van der Waals surface area (Å²) in [6.45, 7) is 8.77. The van der Waals surface area contributed by atoms with Gasteiger partial charge in [0.1, 0.15) is 0 Å². The van der Waals surface area contributed by atoms with Gasteiger partial charge in [0.2, 0.25) is 0 Å². The summed E-state index contributed by atoms with van der Waals surface area (Å²) in [5, 5.41) is 12.5. The van der Waals surface area contributed by atoms with E-state index in [1.807, 2.05) is 0 Å². The van der Waals surface area contributed by atoms with Crippen LogP contribution in [-0.2, 0) is 0 Å². The van der Waals surface area contributed by atoms with Crippen molar-refractivity contribution in [2.45, 2.75) is 39.8 Å². The second-order valence-electron chi connectivity index (χ2n) is 4.40. The standard InChI is InChI=1S/C13H21NO/c1-9-5-10(2)7-13(6-9)12(4)14-8-11(3)15/h5-7,11-12,14-15H,8H2,1-4H3/t11-,12+/m1/s1. The second kappa shape index (κ2) is 5.29. The van der Waals surface area contributed by atoms with Gasteiger partial charge in [-0.1, -0.05) is 29.3 Å². The highest BCUT2D eigenvalue weighted by atomic mass is 16.3. The van der Waals surface area contributed by atoms with Crippen LogP contribution in [0.5, 0.6) is 0 Å². The summed E-state index contributed by atoms with van der Waals surface area (Å²) in [6.07, 6.45) is -0.293. The molecule has 0 saturated carbocycles. The zero-order valence-electron chi connectivity index (χ0n) is 10.0. The summed E-state index contributed by atoms with van der Waals surface area (Å²) in [4.78, 5) is 0. The van der Waals surface area contributed by atoms with Crippen molar-refractivity contribution in [2.75, 3.05) is 6.54 Å². The maximum atomic E-state index is 9.19. The molecule has 0 unspecified atom stereocenters. The molecule has 2 heteroatoms. The molecule has 1 aromatic rings. The first-order valence-electron chi connectivity index (χ1n) is 5.48. The first-order valence-corrected chi connectivity index (χ1v) is 5.48. The van der Waals surface area contributed by atoms with Crippen LogP contribution in [0, 0.1) is 13.8 Å². The number of aryl methyl sites for hydroxylation is 2. The summed E-state index contributed by atoms with van der Waals surface area (Å²) in [5.74, 6) is 0. The number of benzene rings is 1. The Balaban J connectivity index is 2.68. The fourth-order valence-corrected chi connectivity index (χ4v) is 1.73. The summed E-state index contributed by atoms with van der Waals surface area (Å²) in [7, 11) is 0. The summed E-state index contributed by atoms with van der Waals surface area (Å²) >= 11 is 0.